The average Bonchev–Trinajstić information content (AvgIpc) is 3.10. The number of rotatable bonds is 7. The summed E-state index contributed by atoms with van der Waals surface area (Å²) >= 11 is 0. The van der Waals surface area contributed by atoms with Gasteiger partial charge in [-0.1, -0.05) is 18.2 Å². The van der Waals surface area contributed by atoms with Crippen molar-refractivity contribution >= 4 is 22.8 Å². The molecule has 0 aromatic heterocycles. The minimum atomic E-state index is -0.714. The molecule has 1 heterocycles. The number of phenols is 1. The van der Waals surface area contributed by atoms with Crippen molar-refractivity contribution in [2.75, 3.05) is 31.5 Å². The highest BCUT2D eigenvalue weighted by atomic mass is 16.6. The number of nitro benzene ring substituents is 1. The van der Waals surface area contributed by atoms with E-state index in [4.69, 9.17) is 14.2 Å². The van der Waals surface area contributed by atoms with Crippen LogP contribution >= 0.6 is 0 Å². The van der Waals surface area contributed by atoms with Crippen molar-refractivity contribution in [1.82, 2.24) is 0 Å². The number of methoxy groups -OCH3 is 2. The molecule has 3 aromatic rings. The fourth-order valence-electron chi connectivity index (χ4n) is 5.27. The highest BCUT2D eigenvalue weighted by Crippen LogP contribution is 2.47. The topological polar surface area (TPSA) is 132 Å². The smallest absolute Gasteiger partial charge is 0.315 e. The molecule has 1 aliphatic heterocycles. The monoisotopic (exact) mass is 531 g/mol. The van der Waals surface area contributed by atoms with Crippen LogP contribution in [-0.2, 0) is 4.79 Å². The highest BCUT2D eigenvalue weighted by molar-refractivity contribution is 6.01. The van der Waals surface area contributed by atoms with E-state index >= 15 is 0 Å². The third-order valence-electron chi connectivity index (χ3n) is 7.10. The number of carbonyl (C=O) groups is 1. The second-order valence-corrected chi connectivity index (χ2v) is 9.36. The van der Waals surface area contributed by atoms with Gasteiger partial charge in [0.25, 0.3) is 0 Å². The summed E-state index contributed by atoms with van der Waals surface area (Å²) in [5.74, 6) is 0.414. The Morgan fingerprint density at radius 2 is 1.69 bits per heavy atom. The summed E-state index contributed by atoms with van der Waals surface area (Å²) in [7, 11) is 3.14. The van der Waals surface area contributed by atoms with Crippen molar-refractivity contribution in [3.8, 4) is 23.0 Å². The van der Waals surface area contributed by atoms with Gasteiger partial charge < -0.3 is 30.0 Å². The molecular weight excluding hydrogens is 502 g/mol. The summed E-state index contributed by atoms with van der Waals surface area (Å²) in [6, 6.07) is 15.3. The number of ether oxygens (including phenoxy) is 3. The Labute approximate surface area is 225 Å². The molecule has 3 N–H and O–H groups in total. The second kappa shape index (κ2) is 10.6. The third kappa shape index (κ3) is 4.81. The molecule has 0 spiro atoms. The number of nitrogens with one attached hydrogen (secondary N) is 2. The van der Waals surface area contributed by atoms with Gasteiger partial charge in [-0.25, -0.2) is 0 Å². The molecule has 0 saturated heterocycles. The van der Waals surface area contributed by atoms with Gasteiger partial charge in [0.1, 0.15) is 0 Å². The van der Waals surface area contributed by atoms with Gasteiger partial charge in [0, 0.05) is 23.8 Å². The third-order valence-corrected chi connectivity index (χ3v) is 7.10. The van der Waals surface area contributed by atoms with Crippen LogP contribution in [0.3, 0.4) is 0 Å². The number of hydrogen-bond acceptors (Lipinski definition) is 9. The molecule has 0 saturated carbocycles. The zero-order chi connectivity index (χ0) is 27.7. The maximum atomic E-state index is 13.9. The Bertz CT molecular complexity index is 1480. The predicted octanol–water partition coefficient (Wildman–Crippen LogP) is 5.70. The number of phenolic OH excluding ortho intramolecular Hbond substituents is 1. The minimum Gasteiger partial charge on any atom is -0.500 e. The molecule has 10 nitrogen and oxygen atoms in total. The van der Waals surface area contributed by atoms with Crippen LogP contribution in [-0.4, -0.2) is 36.6 Å². The normalized spacial score (nSPS) is 18.2. The predicted molar refractivity (Wildman–Crippen MR) is 146 cm³/mol. The average molecular weight is 532 g/mol. The molecule has 0 unspecified atom stereocenters. The first-order chi connectivity index (χ1) is 18.8. The summed E-state index contributed by atoms with van der Waals surface area (Å²) in [6.45, 7) is 1.93. The number of para-hydroxylation sites is 2. The first-order valence-corrected chi connectivity index (χ1v) is 12.6. The quantitative estimate of drug-likeness (QED) is 0.260. The van der Waals surface area contributed by atoms with Gasteiger partial charge in [-0.2, -0.15) is 0 Å². The molecule has 39 heavy (non-hydrogen) atoms. The zero-order valence-corrected chi connectivity index (χ0v) is 21.8. The molecule has 0 bridgehead atoms. The Hall–Kier alpha value is -4.73. The molecule has 5 rings (SSSR count). The number of allylic oxidation sites excluding steroid dienone is 1. The van der Waals surface area contributed by atoms with E-state index in [1.807, 2.05) is 42.5 Å². The molecule has 0 amide bonds. The summed E-state index contributed by atoms with van der Waals surface area (Å²) < 4.78 is 16.4. The Morgan fingerprint density at radius 1 is 0.974 bits per heavy atom. The van der Waals surface area contributed by atoms with Crippen LogP contribution in [0.2, 0.25) is 0 Å². The van der Waals surface area contributed by atoms with Gasteiger partial charge in [-0.3, -0.25) is 14.9 Å². The van der Waals surface area contributed by atoms with E-state index in [1.165, 1.54) is 6.07 Å². The van der Waals surface area contributed by atoms with E-state index in [9.17, 15) is 20.0 Å². The van der Waals surface area contributed by atoms with Gasteiger partial charge >= 0.3 is 5.69 Å². The summed E-state index contributed by atoms with van der Waals surface area (Å²) in [5.41, 5.74) is 3.62. The van der Waals surface area contributed by atoms with Gasteiger partial charge in [-0.15, -0.1) is 0 Å². The number of carbonyl (C=O) groups excluding carboxylic acids is 1. The molecule has 1 aliphatic carbocycles. The second-order valence-electron chi connectivity index (χ2n) is 9.36. The largest absolute Gasteiger partial charge is 0.500 e. The molecular formula is C29H29N3O7. The molecule has 0 radical (unpaired) electrons. The molecule has 2 aliphatic rings. The Balaban J connectivity index is 1.63. The van der Waals surface area contributed by atoms with E-state index < -0.39 is 22.4 Å². The van der Waals surface area contributed by atoms with Gasteiger partial charge in [0.05, 0.1) is 43.2 Å². The lowest BCUT2D eigenvalue weighted by molar-refractivity contribution is -0.386. The molecule has 2 atom stereocenters. The standard InChI is InChI=1S/C29H29N3O7/c1-4-39-26-15-18(12-22(29(26)34)32(35)36)28-27-21(30-19-7-5-6-8-20(19)31-28)11-17(13-23(27)33)16-9-10-24(37-2)25(14-16)38-3/h5-10,12,14-15,17,28,30-31,34H,4,11,13H2,1-3H3/t17-,28+/m1/s1. The van der Waals surface area contributed by atoms with Crippen molar-refractivity contribution < 1.29 is 29.0 Å². The van der Waals surface area contributed by atoms with Crippen LogP contribution in [0.15, 0.2) is 65.9 Å². The Morgan fingerprint density at radius 3 is 2.38 bits per heavy atom. The van der Waals surface area contributed by atoms with Gasteiger partial charge in [0.15, 0.2) is 23.0 Å². The van der Waals surface area contributed by atoms with Crippen LogP contribution in [0.1, 0.15) is 42.9 Å². The van der Waals surface area contributed by atoms with E-state index in [2.05, 4.69) is 10.6 Å². The number of aromatic hydroxyl groups is 1. The first kappa shape index (κ1) is 25.9. The van der Waals surface area contributed by atoms with Crippen molar-refractivity contribution in [2.45, 2.75) is 31.7 Å². The molecule has 202 valence electrons. The highest BCUT2D eigenvalue weighted by Gasteiger charge is 2.37. The number of benzene rings is 3. The van der Waals surface area contributed by atoms with Gasteiger partial charge in [-0.05, 0) is 60.7 Å². The van der Waals surface area contributed by atoms with Crippen LogP contribution in [0.4, 0.5) is 17.1 Å². The fourth-order valence-corrected chi connectivity index (χ4v) is 5.27. The van der Waals surface area contributed by atoms with Crippen molar-refractivity contribution in [1.29, 1.82) is 0 Å². The number of nitrogens with zero attached hydrogens (tertiary/aromatic N) is 1. The fraction of sp³-hybridized carbons (Fsp3) is 0.276. The van der Waals surface area contributed by atoms with Crippen molar-refractivity contribution in [3.05, 3.63) is 87.1 Å². The number of nitro groups is 1. The number of ketones is 1. The van der Waals surface area contributed by atoms with Crippen molar-refractivity contribution in [2.24, 2.45) is 0 Å². The maximum absolute atomic E-state index is 13.9. The van der Waals surface area contributed by atoms with E-state index in [-0.39, 0.29) is 30.5 Å². The first-order valence-electron chi connectivity index (χ1n) is 12.6. The summed E-state index contributed by atoms with van der Waals surface area (Å²) in [6.07, 6.45) is 0.768. The molecule has 10 heteroatoms. The lowest BCUT2D eigenvalue weighted by Gasteiger charge is -2.30. The van der Waals surface area contributed by atoms with E-state index in [0.717, 1.165) is 22.6 Å². The van der Waals surface area contributed by atoms with Crippen LogP contribution < -0.4 is 24.8 Å². The van der Waals surface area contributed by atoms with Crippen molar-refractivity contribution in [3.63, 3.8) is 0 Å². The summed E-state index contributed by atoms with van der Waals surface area (Å²) in [5, 5.41) is 29.1. The lowest BCUT2D eigenvalue weighted by atomic mass is 9.78. The number of fused-ring (bicyclic) bond motifs is 1. The SMILES string of the molecule is CCOc1cc([C@@H]2Nc3ccccc3NC3=C2C(=O)C[C@H](c2ccc(OC)c(OC)c2)C3)cc([N+](=O)[O-])c1O. The van der Waals surface area contributed by atoms with Crippen LogP contribution in [0.25, 0.3) is 0 Å². The summed E-state index contributed by atoms with van der Waals surface area (Å²) in [4.78, 5) is 25.0. The van der Waals surface area contributed by atoms with Gasteiger partial charge in [0.2, 0.25) is 5.75 Å². The number of Topliss-reactive ketones (excluding diaryl/α,β-unsaturated/α-hetero) is 1. The van der Waals surface area contributed by atoms with E-state index in [1.54, 1.807) is 27.2 Å². The van der Waals surface area contributed by atoms with E-state index in [0.29, 0.717) is 29.1 Å². The minimum absolute atomic E-state index is 0.0115. The zero-order valence-electron chi connectivity index (χ0n) is 21.8. The Kier molecular flexibility index (Phi) is 7.02. The number of anilines is 2. The lowest BCUT2D eigenvalue weighted by Crippen LogP contribution is -2.27. The number of hydrogen-bond donors (Lipinski definition) is 3. The molecule has 0 fully saturated rings. The van der Waals surface area contributed by atoms with Crippen LogP contribution in [0, 0.1) is 10.1 Å². The molecule has 3 aromatic carbocycles. The van der Waals surface area contributed by atoms with Crippen LogP contribution in [0.5, 0.6) is 23.0 Å². The maximum Gasteiger partial charge on any atom is 0.315 e.